The van der Waals surface area contributed by atoms with Crippen LogP contribution in [0.5, 0.6) is 0 Å². The number of anilines is 1. The van der Waals surface area contributed by atoms with Crippen LogP contribution < -0.4 is 4.90 Å². The predicted molar refractivity (Wildman–Crippen MR) is 113 cm³/mol. The highest BCUT2D eigenvalue weighted by molar-refractivity contribution is 6.34. The van der Waals surface area contributed by atoms with Crippen LogP contribution in [-0.2, 0) is 0 Å². The van der Waals surface area contributed by atoms with Crippen LogP contribution in [0.15, 0.2) is 30.7 Å². The SMILES string of the molecule is O[C@H]1CCC1N1CCN(c2cc3c(cnn3-c3cnn(C4CC4)c3)cc2Cl)CC1. The lowest BCUT2D eigenvalue weighted by atomic mass is 9.87. The fraction of sp³-hybridized carbons (Fsp3) is 0.524. The quantitative estimate of drug-likeness (QED) is 0.714. The largest absolute Gasteiger partial charge is 0.391 e. The average molecular weight is 413 g/mol. The number of aromatic nitrogens is 4. The molecule has 1 aromatic carbocycles. The summed E-state index contributed by atoms with van der Waals surface area (Å²) < 4.78 is 4.01. The number of aliphatic hydroxyl groups excluding tert-OH is 1. The summed E-state index contributed by atoms with van der Waals surface area (Å²) in [6, 6.07) is 5.08. The average Bonchev–Trinajstić information content (AvgIpc) is 3.31. The van der Waals surface area contributed by atoms with Crippen LogP contribution in [0.1, 0.15) is 31.7 Å². The molecule has 6 rings (SSSR count). The number of piperazine rings is 1. The van der Waals surface area contributed by atoms with Crippen molar-refractivity contribution in [1.82, 2.24) is 24.5 Å². The second-order valence-corrected chi connectivity index (χ2v) is 8.97. The van der Waals surface area contributed by atoms with E-state index in [2.05, 4.69) is 32.3 Å². The number of aliphatic hydroxyl groups is 1. The number of rotatable bonds is 4. The van der Waals surface area contributed by atoms with Crippen LogP contribution in [0.4, 0.5) is 5.69 Å². The second kappa shape index (κ2) is 6.72. The summed E-state index contributed by atoms with van der Waals surface area (Å²) in [4.78, 5) is 4.78. The summed E-state index contributed by atoms with van der Waals surface area (Å²) in [7, 11) is 0. The van der Waals surface area contributed by atoms with Crippen LogP contribution in [0.25, 0.3) is 16.6 Å². The van der Waals surface area contributed by atoms with Gasteiger partial charge in [-0.15, -0.1) is 0 Å². The molecule has 0 radical (unpaired) electrons. The molecular weight excluding hydrogens is 388 g/mol. The maximum absolute atomic E-state index is 9.97. The zero-order valence-electron chi connectivity index (χ0n) is 16.3. The van der Waals surface area contributed by atoms with E-state index in [0.717, 1.165) is 66.3 Å². The number of hydrogen-bond acceptors (Lipinski definition) is 5. The van der Waals surface area contributed by atoms with Gasteiger partial charge in [-0.3, -0.25) is 9.58 Å². The van der Waals surface area contributed by atoms with Crippen molar-refractivity contribution in [3.63, 3.8) is 0 Å². The van der Waals surface area contributed by atoms with Crippen LogP contribution in [0.3, 0.4) is 0 Å². The van der Waals surface area contributed by atoms with Gasteiger partial charge >= 0.3 is 0 Å². The van der Waals surface area contributed by atoms with Crippen LogP contribution >= 0.6 is 11.6 Å². The van der Waals surface area contributed by atoms with Crippen LogP contribution in [0, 0.1) is 0 Å². The summed E-state index contributed by atoms with van der Waals surface area (Å²) in [6.45, 7) is 3.76. The fourth-order valence-corrected chi connectivity index (χ4v) is 4.94. The van der Waals surface area contributed by atoms with Gasteiger partial charge in [0, 0.05) is 37.6 Å². The topological polar surface area (TPSA) is 62.4 Å². The summed E-state index contributed by atoms with van der Waals surface area (Å²) in [6.07, 6.45) is 10.2. The number of hydrogen-bond donors (Lipinski definition) is 1. The number of fused-ring (bicyclic) bond motifs is 1. The van der Waals surface area contributed by atoms with Gasteiger partial charge in [-0.1, -0.05) is 11.6 Å². The Morgan fingerprint density at radius 2 is 1.79 bits per heavy atom. The molecule has 1 saturated heterocycles. The third-order valence-electron chi connectivity index (χ3n) is 6.72. The molecule has 0 amide bonds. The number of halogens is 1. The van der Waals surface area contributed by atoms with E-state index in [0.29, 0.717) is 12.1 Å². The van der Waals surface area contributed by atoms with Crippen molar-refractivity contribution < 1.29 is 5.11 Å². The molecule has 3 aromatic rings. The van der Waals surface area contributed by atoms with E-state index in [4.69, 9.17) is 11.6 Å². The Morgan fingerprint density at radius 1 is 0.966 bits per heavy atom. The van der Waals surface area contributed by atoms with Crippen molar-refractivity contribution in [3.05, 3.63) is 35.7 Å². The van der Waals surface area contributed by atoms with Crippen molar-refractivity contribution in [1.29, 1.82) is 0 Å². The van der Waals surface area contributed by atoms with Gasteiger partial charge in [0.25, 0.3) is 0 Å². The van der Waals surface area contributed by atoms with Crippen molar-refractivity contribution in [2.24, 2.45) is 0 Å². The third kappa shape index (κ3) is 3.03. The minimum atomic E-state index is -0.146. The van der Waals surface area contributed by atoms with Gasteiger partial charge in [0.15, 0.2) is 0 Å². The van der Waals surface area contributed by atoms with Gasteiger partial charge in [0.2, 0.25) is 0 Å². The molecule has 7 nitrogen and oxygen atoms in total. The molecule has 3 fully saturated rings. The van der Waals surface area contributed by atoms with Crippen molar-refractivity contribution in [3.8, 4) is 5.69 Å². The van der Waals surface area contributed by atoms with Gasteiger partial charge in [0.05, 0.1) is 47.0 Å². The minimum Gasteiger partial charge on any atom is -0.391 e. The molecule has 152 valence electrons. The first-order valence-corrected chi connectivity index (χ1v) is 10.9. The molecule has 0 spiro atoms. The highest BCUT2D eigenvalue weighted by atomic mass is 35.5. The Kier molecular flexibility index (Phi) is 4.11. The number of benzene rings is 1. The van der Waals surface area contributed by atoms with Gasteiger partial charge in [-0.25, -0.2) is 4.68 Å². The predicted octanol–water partition coefficient (Wildman–Crippen LogP) is 2.86. The van der Waals surface area contributed by atoms with E-state index in [1.165, 1.54) is 12.8 Å². The third-order valence-corrected chi connectivity index (χ3v) is 7.02. The first-order valence-electron chi connectivity index (χ1n) is 10.6. The van der Waals surface area contributed by atoms with E-state index in [-0.39, 0.29) is 6.10 Å². The fourth-order valence-electron chi connectivity index (χ4n) is 4.64. The minimum absolute atomic E-state index is 0.146. The molecule has 2 saturated carbocycles. The highest BCUT2D eigenvalue weighted by Crippen LogP contribution is 2.36. The Bertz CT molecular complexity index is 1050. The molecule has 2 atom stereocenters. The Hall–Kier alpha value is -2.09. The summed E-state index contributed by atoms with van der Waals surface area (Å²) in [5.74, 6) is 0. The normalized spacial score (nSPS) is 25.5. The van der Waals surface area contributed by atoms with E-state index in [1.54, 1.807) is 0 Å². The Balaban J connectivity index is 1.28. The Morgan fingerprint density at radius 3 is 2.48 bits per heavy atom. The van der Waals surface area contributed by atoms with Gasteiger partial charge in [-0.2, -0.15) is 10.2 Å². The molecule has 3 aliphatic rings. The van der Waals surface area contributed by atoms with Crippen LogP contribution in [0.2, 0.25) is 5.02 Å². The van der Waals surface area contributed by atoms with E-state index in [1.807, 2.05) is 27.8 Å². The van der Waals surface area contributed by atoms with Gasteiger partial charge < -0.3 is 10.0 Å². The zero-order valence-corrected chi connectivity index (χ0v) is 17.0. The maximum Gasteiger partial charge on any atom is 0.103 e. The van der Waals surface area contributed by atoms with Gasteiger partial charge in [-0.05, 0) is 37.8 Å². The van der Waals surface area contributed by atoms with Crippen molar-refractivity contribution >= 4 is 28.2 Å². The lowest BCUT2D eigenvalue weighted by molar-refractivity contribution is -0.0229. The Labute approximate surface area is 174 Å². The molecular formula is C21H25ClN6O. The molecule has 8 heteroatoms. The monoisotopic (exact) mass is 412 g/mol. The van der Waals surface area contributed by atoms with E-state index in [9.17, 15) is 5.11 Å². The zero-order chi connectivity index (χ0) is 19.5. The summed E-state index contributed by atoms with van der Waals surface area (Å²) >= 11 is 6.66. The van der Waals surface area contributed by atoms with Gasteiger partial charge in [0.1, 0.15) is 5.69 Å². The van der Waals surface area contributed by atoms with Crippen LogP contribution in [-0.4, -0.2) is 67.9 Å². The molecule has 1 aliphatic heterocycles. The van der Waals surface area contributed by atoms with E-state index >= 15 is 0 Å². The second-order valence-electron chi connectivity index (χ2n) is 8.56. The lowest BCUT2D eigenvalue weighted by Gasteiger charge is -2.46. The molecule has 3 heterocycles. The molecule has 2 aromatic heterocycles. The molecule has 29 heavy (non-hydrogen) atoms. The lowest BCUT2D eigenvalue weighted by Crippen LogP contribution is -2.57. The van der Waals surface area contributed by atoms with Crippen molar-refractivity contribution in [2.75, 3.05) is 31.1 Å². The molecule has 0 bridgehead atoms. The highest BCUT2D eigenvalue weighted by Gasteiger charge is 2.35. The smallest absolute Gasteiger partial charge is 0.103 e. The maximum atomic E-state index is 9.97. The summed E-state index contributed by atoms with van der Waals surface area (Å²) in [5, 5.41) is 20.9. The first kappa shape index (κ1) is 17.7. The summed E-state index contributed by atoms with van der Waals surface area (Å²) in [5.41, 5.74) is 3.10. The first-order chi connectivity index (χ1) is 14.2. The molecule has 1 unspecified atom stereocenters. The molecule has 1 N–H and O–H groups in total. The van der Waals surface area contributed by atoms with Crippen molar-refractivity contribution in [2.45, 2.75) is 43.9 Å². The molecule has 2 aliphatic carbocycles. The van der Waals surface area contributed by atoms with E-state index < -0.39 is 0 Å². The standard InChI is InChI=1S/C21H25ClN6O/c22-17-9-14-11-24-28(16-12-23-27(13-16)15-1-2-15)19(14)10-20(17)26-7-5-25(6-8-26)18-3-4-21(18)29/h9-13,15,18,21,29H,1-8H2/t18?,21-/m0/s1. The number of nitrogens with zero attached hydrogens (tertiary/aromatic N) is 6.